The Labute approximate surface area is 121 Å². The van der Waals surface area contributed by atoms with Gasteiger partial charge in [0, 0.05) is 5.39 Å². The molecule has 2 amide bonds. The van der Waals surface area contributed by atoms with E-state index in [-0.39, 0.29) is 0 Å². The van der Waals surface area contributed by atoms with E-state index in [1.54, 1.807) is 12.1 Å². The van der Waals surface area contributed by atoms with Crippen molar-refractivity contribution in [1.29, 1.82) is 0 Å². The van der Waals surface area contributed by atoms with E-state index < -0.39 is 24.1 Å². The van der Waals surface area contributed by atoms with Gasteiger partial charge in [0.15, 0.2) is 6.04 Å². The number of aliphatic carboxylic acids is 1. The summed E-state index contributed by atoms with van der Waals surface area (Å²) in [7, 11) is 0. The molecule has 2 aromatic carbocycles. The average Bonchev–Trinajstić information content (AvgIpc) is 2.44. The van der Waals surface area contributed by atoms with Crippen molar-refractivity contribution in [2.45, 2.75) is 19.1 Å². The van der Waals surface area contributed by atoms with Gasteiger partial charge in [0.1, 0.15) is 0 Å². The number of rotatable bonds is 4. The quantitative estimate of drug-likeness (QED) is 0.689. The van der Waals surface area contributed by atoms with Gasteiger partial charge in [-0.3, -0.25) is 0 Å². The minimum Gasteiger partial charge on any atom is -0.480 e. The highest BCUT2D eigenvalue weighted by atomic mass is 16.4. The van der Waals surface area contributed by atoms with Crippen LogP contribution in [0.3, 0.4) is 0 Å². The molecule has 0 aliphatic rings. The van der Waals surface area contributed by atoms with Crippen molar-refractivity contribution in [3.05, 3.63) is 42.5 Å². The van der Waals surface area contributed by atoms with Gasteiger partial charge in [0.25, 0.3) is 0 Å². The first-order valence-electron chi connectivity index (χ1n) is 6.45. The summed E-state index contributed by atoms with van der Waals surface area (Å²) in [6, 6.07) is 10.9. The van der Waals surface area contributed by atoms with Crippen LogP contribution in [0.15, 0.2) is 42.5 Å². The molecule has 2 aromatic rings. The van der Waals surface area contributed by atoms with Crippen LogP contribution < -0.4 is 10.6 Å². The molecular formula is C15H16N2O4. The second-order valence-electron chi connectivity index (χ2n) is 4.68. The van der Waals surface area contributed by atoms with E-state index in [0.717, 1.165) is 10.8 Å². The van der Waals surface area contributed by atoms with E-state index in [1.807, 2.05) is 30.3 Å². The van der Waals surface area contributed by atoms with Gasteiger partial charge >= 0.3 is 12.0 Å². The molecule has 6 heteroatoms. The van der Waals surface area contributed by atoms with Gasteiger partial charge in [-0.05, 0) is 18.4 Å². The molecule has 2 unspecified atom stereocenters. The Morgan fingerprint density at radius 2 is 1.76 bits per heavy atom. The summed E-state index contributed by atoms with van der Waals surface area (Å²) in [6.07, 6.45) is -1.19. The third-order valence-electron chi connectivity index (χ3n) is 3.07. The summed E-state index contributed by atoms with van der Waals surface area (Å²) in [5.41, 5.74) is 0.570. The molecule has 0 heterocycles. The van der Waals surface area contributed by atoms with Crippen molar-refractivity contribution >= 4 is 28.5 Å². The van der Waals surface area contributed by atoms with Crippen molar-refractivity contribution in [2.75, 3.05) is 5.32 Å². The molecule has 4 N–H and O–H groups in total. The molecule has 0 aliphatic heterocycles. The number of aliphatic hydroxyl groups is 1. The van der Waals surface area contributed by atoms with Gasteiger partial charge in [-0.2, -0.15) is 0 Å². The lowest BCUT2D eigenvalue weighted by Gasteiger charge is -2.18. The maximum absolute atomic E-state index is 11.9. The average molecular weight is 288 g/mol. The van der Waals surface area contributed by atoms with Gasteiger partial charge in [0.2, 0.25) is 0 Å². The van der Waals surface area contributed by atoms with Crippen LogP contribution in [0.4, 0.5) is 10.5 Å². The zero-order valence-electron chi connectivity index (χ0n) is 11.4. The summed E-state index contributed by atoms with van der Waals surface area (Å²) in [6.45, 7) is 1.30. The molecule has 2 rings (SSSR count). The molecule has 0 bridgehead atoms. The highest BCUT2D eigenvalue weighted by Gasteiger charge is 2.25. The zero-order valence-corrected chi connectivity index (χ0v) is 11.4. The number of urea groups is 1. The first-order valence-corrected chi connectivity index (χ1v) is 6.45. The van der Waals surface area contributed by atoms with E-state index in [0.29, 0.717) is 5.69 Å². The molecule has 6 nitrogen and oxygen atoms in total. The first kappa shape index (κ1) is 14.8. The Bertz CT molecular complexity index is 664. The third-order valence-corrected chi connectivity index (χ3v) is 3.07. The van der Waals surface area contributed by atoms with Crippen molar-refractivity contribution in [3.63, 3.8) is 0 Å². The summed E-state index contributed by atoms with van der Waals surface area (Å²) in [4.78, 5) is 22.8. The molecule has 110 valence electrons. The smallest absolute Gasteiger partial charge is 0.328 e. The number of aliphatic hydroxyl groups excluding tert-OH is 1. The predicted molar refractivity (Wildman–Crippen MR) is 79.2 cm³/mol. The molecular weight excluding hydrogens is 272 g/mol. The van der Waals surface area contributed by atoms with Crippen LogP contribution >= 0.6 is 0 Å². The van der Waals surface area contributed by atoms with Crippen LogP contribution in [0.5, 0.6) is 0 Å². The van der Waals surface area contributed by atoms with Crippen LogP contribution in [0.25, 0.3) is 10.8 Å². The second kappa shape index (κ2) is 6.23. The number of benzene rings is 2. The number of carbonyl (C=O) groups excluding carboxylic acids is 1. The number of amides is 2. The Hall–Kier alpha value is -2.60. The first-order chi connectivity index (χ1) is 9.99. The van der Waals surface area contributed by atoms with Crippen LogP contribution in [-0.4, -0.2) is 34.4 Å². The third kappa shape index (κ3) is 3.49. The Morgan fingerprint density at radius 3 is 2.43 bits per heavy atom. The molecule has 2 atom stereocenters. The fourth-order valence-electron chi connectivity index (χ4n) is 2.02. The number of nitrogens with one attached hydrogen (secondary N) is 2. The molecule has 0 saturated carbocycles. The predicted octanol–water partition coefficient (Wildman–Crippen LogP) is 1.80. The SMILES string of the molecule is CC(O)C(NC(=O)Nc1cccc2ccccc12)C(=O)O. The Morgan fingerprint density at radius 1 is 1.10 bits per heavy atom. The van der Waals surface area contributed by atoms with Crippen LogP contribution in [0.1, 0.15) is 6.92 Å². The van der Waals surface area contributed by atoms with Gasteiger partial charge in [-0.1, -0.05) is 36.4 Å². The maximum Gasteiger partial charge on any atom is 0.328 e. The van der Waals surface area contributed by atoms with Crippen LogP contribution in [0, 0.1) is 0 Å². The van der Waals surface area contributed by atoms with Crippen molar-refractivity contribution in [1.82, 2.24) is 5.32 Å². The topological polar surface area (TPSA) is 98.7 Å². The number of fused-ring (bicyclic) bond motifs is 1. The van der Waals surface area contributed by atoms with Crippen molar-refractivity contribution in [3.8, 4) is 0 Å². The van der Waals surface area contributed by atoms with E-state index in [4.69, 9.17) is 5.11 Å². The van der Waals surface area contributed by atoms with Gasteiger partial charge in [-0.25, -0.2) is 9.59 Å². The van der Waals surface area contributed by atoms with Gasteiger partial charge in [0.05, 0.1) is 11.8 Å². The lowest BCUT2D eigenvalue weighted by atomic mass is 10.1. The highest BCUT2D eigenvalue weighted by Crippen LogP contribution is 2.22. The Kier molecular flexibility index (Phi) is 4.39. The van der Waals surface area contributed by atoms with Crippen molar-refractivity contribution in [2.24, 2.45) is 0 Å². The molecule has 21 heavy (non-hydrogen) atoms. The van der Waals surface area contributed by atoms with Gasteiger partial charge in [-0.15, -0.1) is 0 Å². The second-order valence-corrected chi connectivity index (χ2v) is 4.68. The summed E-state index contributed by atoms with van der Waals surface area (Å²) in [5, 5.41) is 24.9. The fourth-order valence-corrected chi connectivity index (χ4v) is 2.02. The lowest BCUT2D eigenvalue weighted by Crippen LogP contribution is -2.49. The van der Waals surface area contributed by atoms with E-state index >= 15 is 0 Å². The Balaban J connectivity index is 2.17. The van der Waals surface area contributed by atoms with Gasteiger partial charge < -0.3 is 20.8 Å². The fraction of sp³-hybridized carbons (Fsp3) is 0.200. The number of carboxylic acid groups (broad SMARTS) is 1. The molecule has 0 spiro atoms. The molecule has 0 radical (unpaired) electrons. The van der Waals surface area contributed by atoms with E-state index in [9.17, 15) is 14.7 Å². The van der Waals surface area contributed by atoms with Crippen molar-refractivity contribution < 1.29 is 19.8 Å². The normalized spacial score (nSPS) is 13.4. The minimum absolute atomic E-state index is 0.570. The lowest BCUT2D eigenvalue weighted by molar-refractivity contribution is -0.141. The molecule has 0 aliphatic carbocycles. The summed E-state index contributed by atoms with van der Waals surface area (Å²) >= 11 is 0. The minimum atomic E-state index is -1.36. The highest BCUT2D eigenvalue weighted by molar-refractivity contribution is 6.02. The standard InChI is InChI=1S/C15H16N2O4/c1-9(18)13(14(19)20)17-15(21)16-12-8-4-6-10-5-2-3-7-11(10)12/h2-9,13,18H,1H3,(H,19,20)(H2,16,17,21). The molecule has 0 fully saturated rings. The van der Waals surface area contributed by atoms with Crippen LogP contribution in [0.2, 0.25) is 0 Å². The largest absolute Gasteiger partial charge is 0.480 e. The number of hydrogen-bond acceptors (Lipinski definition) is 3. The summed E-state index contributed by atoms with van der Waals surface area (Å²) < 4.78 is 0. The molecule has 0 saturated heterocycles. The van der Waals surface area contributed by atoms with Crippen LogP contribution in [-0.2, 0) is 4.79 Å². The number of carboxylic acids is 1. The molecule has 0 aromatic heterocycles. The van der Waals surface area contributed by atoms with E-state index in [1.165, 1.54) is 6.92 Å². The zero-order chi connectivity index (χ0) is 15.4. The number of carbonyl (C=O) groups is 2. The number of anilines is 1. The number of hydrogen-bond donors (Lipinski definition) is 4. The summed E-state index contributed by atoms with van der Waals surface area (Å²) in [5.74, 6) is -1.29. The maximum atomic E-state index is 11.9. The van der Waals surface area contributed by atoms with E-state index in [2.05, 4.69) is 10.6 Å². The monoisotopic (exact) mass is 288 g/mol.